The van der Waals surface area contributed by atoms with E-state index in [1.165, 1.54) is 16.7 Å². The molecule has 7 aromatic rings. The first-order valence-corrected chi connectivity index (χ1v) is 16.8. The molecule has 4 aromatic carbocycles. The molecule has 50 heavy (non-hydrogen) atoms. The van der Waals surface area contributed by atoms with E-state index in [-0.39, 0.29) is 10.8 Å². The van der Waals surface area contributed by atoms with E-state index < -0.39 is 0 Å². The molecule has 0 aliphatic heterocycles. The smallest absolute Gasteiger partial charge is 0.164 e. The van der Waals surface area contributed by atoms with E-state index in [1.807, 2.05) is 48.5 Å². The number of benzene rings is 4. The molecule has 0 aliphatic carbocycles. The van der Waals surface area contributed by atoms with Crippen LogP contribution in [0.5, 0.6) is 0 Å². The predicted molar refractivity (Wildman–Crippen MR) is 201 cm³/mol. The Morgan fingerprint density at radius 2 is 0.760 bits per heavy atom. The summed E-state index contributed by atoms with van der Waals surface area (Å²) in [5, 5.41) is 0. The third kappa shape index (κ3) is 7.08. The lowest BCUT2D eigenvalue weighted by Gasteiger charge is -2.26. The van der Waals surface area contributed by atoms with E-state index in [1.54, 1.807) is 37.2 Å². The highest BCUT2D eigenvalue weighted by Gasteiger charge is 2.21. The molecule has 0 atom stereocenters. The van der Waals surface area contributed by atoms with E-state index in [0.29, 0.717) is 17.5 Å². The number of hydrogen-bond acceptors (Lipinski definition) is 7. The van der Waals surface area contributed by atoms with Crippen LogP contribution in [0.3, 0.4) is 0 Å². The monoisotopic (exact) mass is 653 g/mol. The molecule has 0 aliphatic rings. The standard InChI is InChI=1S/C43H39N7/c1-42(2,3)35-23-34(24-36(25-35)43(4,5)6)28-10-7-13-31(20-28)39-48-40(32-14-8-11-29(21-32)37-26-44-16-18-46-37)50-41(49-39)33-15-9-12-30(22-33)38-27-45-17-19-47-38/h7-27H,1-6H3. The fourth-order valence-corrected chi connectivity index (χ4v) is 5.79. The second-order valence-corrected chi connectivity index (χ2v) is 14.5. The van der Waals surface area contributed by atoms with Crippen LogP contribution in [0.15, 0.2) is 128 Å². The van der Waals surface area contributed by atoms with E-state index in [4.69, 9.17) is 15.0 Å². The molecule has 0 fully saturated rings. The number of aromatic nitrogens is 7. The van der Waals surface area contributed by atoms with Crippen LogP contribution in [0.1, 0.15) is 52.7 Å². The summed E-state index contributed by atoms with van der Waals surface area (Å²) in [7, 11) is 0. The number of rotatable bonds is 6. The molecule has 7 heteroatoms. The maximum Gasteiger partial charge on any atom is 0.164 e. The highest BCUT2D eigenvalue weighted by molar-refractivity contribution is 5.75. The first kappa shape index (κ1) is 32.6. The van der Waals surface area contributed by atoms with E-state index >= 15 is 0 Å². The van der Waals surface area contributed by atoms with Crippen LogP contribution in [0.2, 0.25) is 0 Å². The molecular weight excluding hydrogens is 615 g/mol. The Labute approximate surface area is 293 Å². The molecule has 3 heterocycles. The van der Waals surface area contributed by atoms with Crippen LogP contribution >= 0.6 is 0 Å². The first-order chi connectivity index (χ1) is 24.0. The summed E-state index contributed by atoms with van der Waals surface area (Å²) >= 11 is 0. The quantitative estimate of drug-likeness (QED) is 0.176. The van der Waals surface area contributed by atoms with Crippen LogP contribution in [0.4, 0.5) is 0 Å². The van der Waals surface area contributed by atoms with Crippen molar-refractivity contribution in [2.24, 2.45) is 0 Å². The van der Waals surface area contributed by atoms with Gasteiger partial charge in [-0.2, -0.15) is 0 Å². The molecule has 0 amide bonds. The lowest BCUT2D eigenvalue weighted by molar-refractivity contribution is 0.569. The van der Waals surface area contributed by atoms with Crippen LogP contribution in [-0.4, -0.2) is 34.9 Å². The summed E-state index contributed by atoms with van der Waals surface area (Å²) in [6, 6.07) is 31.6. The van der Waals surface area contributed by atoms with Gasteiger partial charge >= 0.3 is 0 Å². The zero-order valence-corrected chi connectivity index (χ0v) is 29.3. The Hall–Kier alpha value is -5.95. The molecule has 0 saturated heterocycles. The molecule has 246 valence electrons. The summed E-state index contributed by atoms with van der Waals surface area (Å²) in [4.78, 5) is 32.7. The summed E-state index contributed by atoms with van der Waals surface area (Å²) in [6.45, 7) is 13.6. The molecule has 0 bridgehead atoms. The van der Waals surface area contributed by atoms with Gasteiger partial charge in [-0.15, -0.1) is 0 Å². The van der Waals surface area contributed by atoms with Crippen molar-refractivity contribution < 1.29 is 0 Å². The molecule has 0 N–H and O–H groups in total. The molecule has 0 spiro atoms. The van der Waals surface area contributed by atoms with Crippen molar-refractivity contribution in [1.29, 1.82) is 0 Å². The van der Waals surface area contributed by atoms with Gasteiger partial charge in [0, 0.05) is 52.6 Å². The van der Waals surface area contributed by atoms with E-state index in [2.05, 4.69) is 104 Å². The third-order valence-electron chi connectivity index (χ3n) is 8.71. The average Bonchev–Trinajstić information content (AvgIpc) is 3.14. The van der Waals surface area contributed by atoms with Crippen LogP contribution in [-0.2, 0) is 10.8 Å². The van der Waals surface area contributed by atoms with Crippen molar-refractivity contribution in [2.45, 2.75) is 52.4 Å². The lowest BCUT2D eigenvalue weighted by atomic mass is 9.79. The minimum absolute atomic E-state index is 0.00533. The Bertz CT molecular complexity index is 2150. The second-order valence-electron chi connectivity index (χ2n) is 14.5. The van der Waals surface area contributed by atoms with Gasteiger partial charge in [0.2, 0.25) is 0 Å². The van der Waals surface area contributed by atoms with Crippen molar-refractivity contribution in [3.05, 3.63) is 139 Å². The van der Waals surface area contributed by atoms with Crippen molar-refractivity contribution in [1.82, 2.24) is 34.9 Å². The molecule has 0 unspecified atom stereocenters. The van der Waals surface area contributed by atoms with Gasteiger partial charge in [0.15, 0.2) is 17.5 Å². The highest BCUT2D eigenvalue weighted by Crippen LogP contribution is 2.36. The molecule has 0 radical (unpaired) electrons. The first-order valence-electron chi connectivity index (χ1n) is 16.8. The minimum atomic E-state index is 0.00533. The van der Waals surface area contributed by atoms with Gasteiger partial charge in [-0.05, 0) is 51.3 Å². The minimum Gasteiger partial charge on any atom is -0.261 e. The SMILES string of the molecule is CC(C)(C)c1cc(-c2cccc(-c3nc(-c4cccc(-c5cnccn5)c4)nc(-c4cccc(-c5cnccn5)c4)n3)c2)cc(C(C)(C)C)c1. The third-order valence-corrected chi connectivity index (χ3v) is 8.71. The van der Waals surface area contributed by atoms with Gasteiger partial charge in [-0.25, -0.2) is 15.0 Å². The van der Waals surface area contributed by atoms with Gasteiger partial charge < -0.3 is 0 Å². The van der Waals surface area contributed by atoms with Crippen LogP contribution < -0.4 is 0 Å². The largest absolute Gasteiger partial charge is 0.261 e. The zero-order valence-electron chi connectivity index (χ0n) is 29.3. The molecule has 0 saturated carbocycles. The number of hydrogen-bond donors (Lipinski definition) is 0. The lowest BCUT2D eigenvalue weighted by Crippen LogP contribution is -2.16. The zero-order chi connectivity index (χ0) is 34.9. The van der Waals surface area contributed by atoms with Gasteiger partial charge in [0.1, 0.15) is 0 Å². The normalized spacial score (nSPS) is 11.8. The Morgan fingerprint density at radius 3 is 1.14 bits per heavy atom. The van der Waals surface area contributed by atoms with Gasteiger partial charge in [-0.3, -0.25) is 19.9 Å². The predicted octanol–water partition coefficient (Wildman–Crippen LogP) is 10.0. The van der Waals surface area contributed by atoms with Gasteiger partial charge in [0.25, 0.3) is 0 Å². The fraction of sp³-hybridized carbons (Fsp3) is 0.186. The molecule has 7 rings (SSSR count). The average molecular weight is 654 g/mol. The summed E-state index contributed by atoms with van der Waals surface area (Å²) in [5.74, 6) is 1.72. The molecule has 7 nitrogen and oxygen atoms in total. The van der Waals surface area contributed by atoms with E-state index in [9.17, 15) is 0 Å². The second kappa shape index (κ2) is 13.2. The topological polar surface area (TPSA) is 90.2 Å². The number of nitrogens with zero attached hydrogens (tertiary/aromatic N) is 7. The van der Waals surface area contributed by atoms with Crippen molar-refractivity contribution in [3.8, 4) is 67.8 Å². The van der Waals surface area contributed by atoms with Gasteiger partial charge in [0.05, 0.1) is 23.8 Å². The Kier molecular flexibility index (Phi) is 8.58. The highest BCUT2D eigenvalue weighted by atomic mass is 15.0. The fourth-order valence-electron chi connectivity index (χ4n) is 5.79. The van der Waals surface area contributed by atoms with Gasteiger partial charge in [-0.1, -0.05) is 114 Å². The summed E-state index contributed by atoms with van der Waals surface area (Å²) < 4.78 is 0. The van der Waals surface area contributed by atoms with Crippen LogP contribution in [0.25, 0.3) is 67.8 Å². The van der Waals surface area contributed by atoms with Crippen molar-refractivity contribution in [2.75, 3.05) is 0 Å². The van der Waals surface area contributed by atoms with Crippen LogP contribution in [0, 0.1) is 0 Å². The maximum absolute atomic E-state index is 5.08. The molecular formula is C43H39N7. The van der Waals surface area contributed by atoms with Crippen molar-refractivity contribution in [3.63, 3.8) is 0 Å². The Morgan fingerprint density at radius 1 is 0.380 bits per heavy atom. The summed E-state index contributed by atoms with van der Waals surface area (Å²) in [5.41, 5.74) is 10.9. The Balaban J connectivity index is 1.38. The molecule has 3 aromatic heterocycles. The summed E-state index contributed by atoms with van der Waals surface area (Å²) in [6.07, 6.45) is 10.2. The maximum atomic E-state index is 5.08. The van der Waals surface area contributed by atoms with E-state index in [0.717, 1.165) is 44.8 Å². The van der Waals surface area contributed by atoms with Crippen molar-refractivity contribution >= 4 is 0 Å².